The minimum Gasteiger partial charge on any atom is -0.512 e. The molecule has 0 unspecified atom stereocenters. The molecule has 1 N–H and O–H groups in total. The first-order valence-corrected chi connectivity index (χ1v) is 18.3. The van der Waals surface area contributed by atoms with E-state index in [-0.39, 0.29) is 42.5 Å². The van der Waals surface area contributed by atoms with Gasteiger partial charge in [-0.1, -0.05) is 123 Å². The first-order chi connectivity index (χ1) is 23.8. The minimum atomic E-state index is -0.337. The number of fused-ring (bicyclic) bond motifs is 6. The van der Waals surface area contributed by atoms with Gasteiger partial charge in [0.05, 0.1) is 11.1 Å². The monoisotopic (exact) mass is 862 g/mol. The predicted octanol–water partition coefficient (Wildman–Crippen LogP) is 13.0. The summed E-state index contributed by atoms with van der Waals surface area (Å²) in [4.78, 5) is 21.7. The molecular formula is C45H53IrN2O3-. The van der Waals surface area contributed by atoms with Gasteiger partial charge in [0, 0.05) is 53.5 Å². The summed E-state index contributed by atoms with van der Waals surface area (Å²) in [7, 11) is 0. The molecule has 0 saturated carbocycles. The molecule has 0 spiro atoms. The maximum atomic E-state index is 12.2. The topological polar surface area (TPSA) is 76.2 Å². The molecule has 2 heterocycles. The number of hydrogen-bond acceptors (Lipinski definition) is 5. The number of ketones is 1. The molecule has 0 atom stereocenters. The summed E-state index contributed by atoms with van der Waals surface area (Å²) >= 11 is 0. The van der Waals surface area contributed by atoms with Crippen molar-refractivity contribution in [2.75, 3.05) is 0 Å². The summed E-state index contributed by atoms with van der Waals surface area (Å²) in [6.45, 7) is 21.1. The quantitative estimate of drug-likeness (QED) is 0.0643. The van der Waals surface area contributed by atoms with Crippen LogP contribution >= 0.6 is 0 Å². The van der Waals surface area contributed by atoms with Crippen LogP contribution in [-0.4, -0.2) is 20.9 Å². The van der Waals surface area contributed by atoms with E-state index in [9.17, 15) is 9.90 Å². The largest absolute Gasteiger partial charge is 0.512 e. The van der Waals surface area contributed by atoms with Gasteiger partial charge in [-0.2, -0.15) is 0 Å². The van der Waals surface area contributed by atoms with Crippen LogP contribution in [0.15, 0.2) is 83.2 Å². The van der Waals surface area contributed by atoms with E-state index in [1.807, 2.05) is 65.8 Å². The Hall–Kier alpha value is -3.86. The second-order valence-corrected chi connectivity index (χ2v) is 14.8. The van der Waals surface area contributed by atoms with Crippen LogP contribution in [-0.2, 0) is 24.9 Å². The number of carbonyl (C=O) groups excluding carboxylic acids is 1. The van der Waals surface area contributed by atoms with Crippen LogP contribution in [0.3, 0.4) is 0 Å². The van der Waals surface area contributed by atoms with Crippen LogP contribution in [0.2, 0.25) is 0 Å². The molecule has 0 amide bonds. The first-order valence-electron chi connectivity index (χ1n) is 18.3. The van der Waals surface area contributed by atoms with Gasteiger partial charge in [-0.3, -0.25) is 9.78 Å². The van der Waals surface area contributed by atoms with Crippen LogP contribution < -0.4 is 0 Å². The van der Waals surface area contributed by atoms with Crippen molar-refractivity contribution in [1.29, 1.82) is 0 Å². The van der Waals surface area contributed by atoms with Crippen LogP contribution in [0.5, 0.6) is 0 Å². The van der Waals surface area contributed by atoms with Crippen molar-refractivity contribution in [2.24, 2.45) is 10.8 Å². The average molecular weight is 862 g/mol. The van der Waals surface area contributed by atoms with E-state index in [1.165, 1.54) is 28.0 Å². The number of para-hydroxylation sites is 1. The van der Waals surface area contributed by atoms with Crippen molar-refractivity contribution >= 4 is 49.4 Å². The Morgan fingerprint density at radius 1 is 0.843 bits per heavy atom. The number of nitrogens with zero attached hydrogens (tertiary/aromatic N) is 2. The molecule has 0 saturated heterocycles. The molecule has 5 nitrogen and oxygen atoms in total. The maximum Gasteiger partial charge on any atom is 0.164 e. The summed E-state index contributed by atoms with van der Waals surface area (Å²) in [5.74, 6) is 1.15. The molecule has 6 aromatic rings. The molecule has 271 valence electrons. The molecule has 1 radical (unpaired) electrons. The number of furan rings is 1. The van der Waals surface area contributed by atoms with E-state index in [0.29, 0.717) is 11.8 Å². The summed E-state index contributed by atoms with van der Waals surface area (Å²) in [5.41, 5.74) is 6.50. The molecule has 6 heteroatoms. The van der Waals surface area contributed by atoms with E-state index >= 15 is 0 Å². The third-order valence-electron chi connectivity index (χ3n) is 11.2. The van der Waals surface area contributed by atoms with Crippen LogP contribution in [0.4, 0.5) is 0 Å². The van der Waals surface area contributed by atoms with Gasteiger partial charge in [0.2, 0.25) is 0 Å². The standard InChI is InChI=1S/C30H25N2O.C15H28O2.Ir/c1-17(2)20-14-19-12-13-23-28(31-16-32-29(23)27(19)25(15-20)18(3)4)24-10-7-9-22-21-8-5-6-11-26(21)33-30(22)24;1-7-14(5,8-2)12(16)11-13(17)15(6,9-3)10-4;/h5-9,11-18H,1-4H3;11,16H,7-10H2,1-6H3;/q-1;;/b;12-11-;. The summed E-state index contributed by atoms with van der Waals surface area (Å²) in [5, 5.41) is 15.8. The van der Waals surface area contributed by atoms with E-state index in [4.69, 9.17) is 14.4 Å². The van der Waals surface area contributed by atoms with E-state index < -0.39 is 0 Å². The molecule has 51 heavy (non-hydrogen) atoms. The molecule has 0 aliphatic carbocycles. The van der Waals surface area contributed by atoms with Gasteiger partial charge in [0.1, 0.15) is 17.7 Å². The van der Waals surface area contributed by atoms with Gasteiger partial charge in [-0.25, -0.2) is 4.98 Å². The van der Waals surface area contributed by atoms with Crippen LogP contribution in [0, 0.1) is 16.9 Å². The fourth-order valence-corrected chi connectivity index (χ4v) is 6.58. The Kier molecular flexibility index (Phi) is 12.7. The fraction of sp³-hybridized carbons (Fsp3) is 0.400. The predicted molar refractivity (Wildman–Crippen MR) is 210 cm³/mol. The smallest absolute Gasteiger partial charge is 0.164 e. The summed E-state index contributed by atoms with van der Waals surface area (Å²) in [6, 6.07) is 24.6. The van der Waals surface area contributed by atoms with E-state index in [1.54, 1.807) is 6.33 Å². The number of aliphatic hydroxyl groups is 1. The van der Waals surface area contributed by atoms with Crippen LogP contribution in [0.25, 0.3) is 54.9 Å². The number of aliphatic hydroxyl groups excluding tert-OH is 1. The Balaban J connectivity index is 0.000000279. The van der Waals surface area contributed by atoms with Gasteiger partial charge in [-0.15, -0.1) is 18.2 Å². The van der Waals surface area contributed by atoms with Crippen LogP contribution in [0.1, 0.15) is 118 Å². The Morgan fingerprint density at radius 2 is 1.51 bits per heavy atom. The minimum absolute atomic E-state index is 0. The van der Waals surface area contributed by atoms with Gasteiger partial charge in [0.25, 0.3) is 0 Å². The van der Waals surface area contributed by atoms with Gasteiger partial charge >= 0.3 is 0 Å². The number of benzene rings is 4. The zero-order valence-electron chi connectivity index (χ0n) is 31.9. The fourth-order valence-electron chi connectivity index (χ4n) is 6.58. The molecule has 0 fully saturated rings. The van der Waals surface area contributed by atoms with Gasteiger partial charge < -0.3 is 9.52 Å². The van der Waals surface area contributed by atoms with Crippen molar-refractivity contribution in [1.82, 2.24) is 9.97 Å². The molecule has 0 aliphatic heterocycles. The Bertz CT molecular complexity index is 2190. The maximum absolute atomic E-state index is 12.2. The molecule has 6 rings (SSSR count). The molecule has 0 bridgehead atoms. The number of carbonyl (C=O) groups is 1. The second-order valence-electron chi connectivity index (χ2n) is 14.8. The summed E-state index contributed by atoms with van der Waals surface area (Å²) < 4.78 is 6.29. The normalized spacial score (nSPS) is 12.5. The van der Waals surface area contributed by atoms with Crippen molar-refractivity contribution in [3.05, 3.63) is 96.0 Å². The molecule has 4 aromatic carbocycles. The summed E-state index contributed by atoms with van der Waals surface area (Å²) in [6.07, 6.45) is 6.43. The van der Waals surface area contributed by atoms with E-state index in [2.05, 4.69) is 70.2 Å². The Morgan fingerprint density at radius 3 is 2.14 bits per heavy atom. The third kappa shape index (κ3) is 7.69. The number of aromatic nitrogens is 2. The molecule has 0 aliphatic rings. The first kappa shape index (κ1) is 39.9. The average Bonchev–Trinajstić information content (AvgIpc) is 3.52. The van der Waals surface area contributed by atoms with Crippen molar-refractivity contribution in [3.63, 3.8) is 0 Å². The Labute approximate surface area is 317 Å². The van der Waals surface area contributed by atoms with Gasteiger partial charge in [-0.05, 0) is 65.5 Å². The van der Waals surface area contributed by atoms with Gasteiger partial charge in [0.15, 0.2) is 5.78 Å². The number of hydrogen-bond donors (Lipinski definition) is 1. The van der Waals surface area contributed by atoms with E-state index in [0.717, 1.165) is 69.8 Å². The number of allylic oxidation sites excluding steroid dienone is 2. The molecular weight excluding hydrogens is 809 g/mol. The van der Waals surface area contributed by atoms with Crippen molar-refractivity contribution < 1.29 is 34.4 Å². The van der Waals surface area contributed by atoms with Crippen molar-refractivity contribution in [2.45, 2.75) is 107 Å². The SMILES string of the molecule is CC(C)c1cc(C(C)C)c2c(ccc3c(-c4[c-]ccc5c4oc4ccccc45)ncnc32)c1.CCC(C)(CC)C(=O)/C=C(\O)C(C)(CC)CC.[Ir]. The zero-order valence-corrected chi connectivity index (χ0v) is 34.3. The molecule has 2 aromatic heterocycles. The van der Waals surface area contributed by atoms with Crippen molar-refractivity contribution in [3.8, 4) is 11.3 Å². The third-order valence-corrected chi connectivity index (χ3v) is 11.2. The zero-order chi connectivity index (χ0) is 36.4. The second kappa shape index (κ2) is 16.2. The number of rotatable bonds is 10.